The van der Waals surface area contributed by atoms with E-state index in [0.717, 1.165) is 0 Å². The molecule has 0 aromatic heterocycles. The van der Waals surface area contributed by atoms with Crippen LogP contribution in [0.2, 0.25) is 0 Å². The van der Waals surface area contributed by atoms with Gasteiger partial charge in [-0.05, 0) is 18.2 Å². The lowest BCUT2D eigenvalue weighted by atomic mass is 10.0. The normalized spacial score (nSPS) is 22.6. The third-order valence-electron chi connectivity index (χ3n) is 3.18. The molecule has 0 aliphatic carbocycles. The van der Waals surface area contributed by atoms with Crippen LogP contribution in [0.4, 0.5) is 4.39 Å². The van der Waals surface area contributed by atoms with Crippen molar-refractivity contribution in [3.8, 4) is 0 Å². The zero-order valence-electron chi connectivity index (χ0n) is 10.5. The van der Waals surface area contributed by atoms with Crippen LogP contribution in [0.5, 0.6) is 0 Å². The van der Waals surface area contributed by atoms with Crippen LogP contribution in [-0.2, 0) is 11.3 Å². The van der Waals surface area contributed by atoms with E-state index in [1.807, 2.05) is 0 Å². The second kappa shape index (κ2) is 5.64. The Hall–Kier alpha value is -1.50. The Morgan fingerprint density at radius 1 is 1.58 bits per heavy atom. The number of amides is 1. The van der Waals surface area contributed by atoms with Crippen molar-refractivity contribution in [3.05, 3.63) is 35.1 Å². The van der Waals surface area contributed by atoms with Gasteiger partial charge in [-0.25, -0.2) is 4.39 Å². The van der Waals surface area contributed by atoms with Gasteiger partial charge in [-0.3, -0.25) is 4.79 Å². The van der Waals surface area contributed by atoms with Crippen LogP contribution in [0.15, 0.2) is 18.2 Å². The van der Waals surface area contributed by atoms with E-state index < -0.39 is 17.3 Å². The summed E-state index contributed by atoms with van der Waals surface area (Å²) < 4.78 is 18.7. The molecule has 19 heavy (non-hydrogen) atoms. The van der Waals surface area contributed by atoms with Gasteiger partial charge in [0.1, 0.15) is 11.4 Å². The number of rotatable bonds is 5. The fourth-order valence-electron chi connectivity index (χ4n) is 2.03. The Morgan fingerprint density at radius 2 is 2.37 bits per heavy atom. The summed E-state index contributed by atoms with van der Waals surface area (Å²) in [5.74, 6) is -1.00. The maximum atomic E-state index is 13.5. The molecule has 0 saturated carbocycles. The number of carbonyl (C=O) groups excluding carboxylic acids is 1. The van der Waals surface area contributed by atoms with Crippen LogP contribution in [0.1, 0.15) is 22.3 Å². The van der Waals surface area contributed by atoms with Gasteiger partial charge in [0.2, 0.25) is 5.91 Å². The molecule has 1 unspecified atom stereocenters. The monoisotopic (exact) mass is 268 g/mol. The fourth-order valence-corrected chi connectivity index (χ4v) is 2.03. The highest BCUT2D eigenvalue weighted by atomic mass is 19.1. The van der Waals surface area contributed by atoms with E-state index in [1.165, 1.54) is 18.2 Å². The third kappa shape index (κ3) is 3.50. The van der Waals surface area contributed by atoms with Gasteiger partial charge in [0.05, 0.1) is 6.61 Å². The number of hydrogen-bond acceptors (Lipinski definition) is 4. The second-order valence-electron chi connectivity index (χ2n) is 4.80. The molecule has 2 rings (SSSR count). The summed E-state index contributed by atoms with van der Waals surface area (Å²) >= 11 is 0. The van der Waals surface area contributed by atoms with Crippen molar-refractivity contribution in [2.75, 3.05) is 19.8 Å². The highest BCUT2D eigenvalue weighted by Crippen LogP contribution is 2.17. The minimum Gasteiger partial charge on any atom is -0.386 e. The molecule has 1 aliphatic heterocycles. The van der Waals surface area contributed by atoms with Crippen LogP contribution < -0.4 is 11.1 Å². The van der Waals surface area contributed by atoms with Crippen molar-refractivity contribution in [2.45, 2.75) is 18.6 Å². The molecule has 1 amide bonds. The van der Waals surface area contributed by atoms with Crippen LogP contribution in [0.25, 0.3) is 0 Å². The van der Waals surface area contributed by atoms with Crippen LogP contribution in [-0.4, -0.2) is 36.4 Å². The second-order valence-corrected chi connectivity index (χ2v) is 4.80. The average molecular weight is 268 g/mol. The first-order valence-electron chi connectivity index (χ1n) is 6.09. The topological polar surface area (TPSA) is 84.6 Å². The zero-order valence-corrected chi connectivity index (χ0v) is 10.5. The molecule has 0 bridgehead atoms. The summed E-state index contributed by atoms with van der Waals surface area (Å²) in [6, 6.07) is 3.98. The third-order valence-corrected chi connectivity index (χ3v) is 3.18. The van der Waals surface area contributed by atoms with E-state index in [0.29, 0.717) is 25.1 Å². The fraction of sp³-hybridized carbons (Fsp3) is 0.462. The van der Waals surface area contributed by atoms with E-state index in [-0.39, 0.29) is 18.7 Å². The van der Waals surface area contributed by atoms with Gasteiger partial charge < -0.3 is 20.9 Å². The zero-order chi connectivity index (χ0) is 13.9. The smallest absolute Gasteiger partial charge is 0.248 e. The lowest BCUT2D eigenvalue weighted by Gasteiger charge is -2.20. The number of carbonyl (C=O) groups is 1. The van der Waals surface area contributed by atoms with Gasteiger partial charge in [0.15, 0.2) is 0 Å². The van der Waals surface area contributed by atoms with Gasteiger partial charge in [-0.2, -0.15) is 0 Å². The summed E-state index contributed by atoms with van der Waals surface area (Å²) in [4.78, 5) is 11.0. The molecule has 5 nitrogen and oxygen atoms in total. The summed E-state index contributed by atoms with van der Waals surface area (Å²) in [7, 11) is 0. The quantitative estimate of drug-likeness (QED) is 0.710. The Balaban J connectivity index is 1.95. The number of halogens is 1. The minimum absolute atomic E-state index is 0.218. The molecule has 1 atom stereocenters. The number of nitrogens with two attached hydrogens (primary N) is 1. The molecule has 4 N–H and O–H groups in total. The molecule has 0 spiro atoms. The number of primary amides is 1. The van der Waals surface area contributed by atoms with Crippen LogP contribution >= 0.6 is 0 Å². The minimum atomic E-state index is -0.891. The van der Waals surface area contributed by atoms with E-state index in [9.17, 15) is 14.3 Å². The average Bonchev–Trinajstić information content (AvgIpc) is 2.78. The number of aliphatic hydroxyl groups is 1. The Morgan fingerprint density at radius 3 is 3.00 bits per heavy atom. The SMILES string of the molecule is NC(=O)c1ccc(F)c(CNCC2(O)CCOC2)c1. The first kappa shape index (κ1) is 13.9. The summed E-state index contributed by atoms with van der Waals surface area (Å²) in [5, 5.41) is 13.0. The molecule has 104 valence electrons. The molecule has 0 radical (unpaired) electrons. The number of benzene rings is 1. The van der Waals surface area contributed by atoms with Crippen LogP contribution in [0.3, 0.4) is 0 Å². The molecule has 1 saturated heterocycles. The first-order valence-corrected chi connectivity index (χ1v) is 6.09. The van der Waals surface area contributed by atoms with Gasteiger partial charge in [-0.15, -0.1) is 0 Å². The van der Waals surface area contributed by atoms with Gasteiger partial charge in [0.25, 0.3) is 0 Å². The molecule has 1 fully saturated rings. The van der Waals surface area contributed by atoms with E-state index in [4.69, 9.17) is 10.5 Å². The number of nitrogens with one attached hydrogen (secondary N) is 1. The highest BCUT2D eigenvalue weighted by molar-refractivity contribution is 5.92. The largest absolute Gasteiger partial charge is 0.386 e. The highest BCUT2D eigenvalue weighted by Gasteiger charge is 2.31. The van der Waals surface area contributed by atoms with Crippen molar-refractivity contribution in [1.29, 1.82) is 0 Å². The summed E-state index contributed by atoms with van der Waals surface area (Å²) in [5.41, 5.74) is 4.86. The Kier molecular flexibility index (Phi) is 4.14. The molecule has 1 heterocycles. The molecule has 6 heteroatoms. The lowest BCUT2D eigenvalue weighted by molar-refractivity contribution is 0.0268. The van der Waals surface area contributed by atoms with E-state index >= 15 is 0 Å². The van der Waals surface area contributed by atoms with E-state index in [2.05, 4.69) is 5.32 Å². The van der Waals surface area contributed by atoms with Crippen molar-refractivity contribution >= 4 is 5.91 Å². The Bertz CT molecular complexity index is 473. The lowest BCUT2D eigenvalue weighted by Crippen LogP contribution is -2.40. The van der Waals surface area contributed by atoms with Gasteiger partial charge in [-0.1, -0.05) is 0 Å². The maximum Gasteiger partial charge on any atom is 0.248 e. The standard InChI is InChI=1S/C13H17FN2O3/c14-11-2-1-9(12(15)17)5-10(11)6-16-7-13(18)3-4-19-8-13/h1-2,5,16,18H,3-4,6-8H2,(H2,15,17). The predicted octanol–water partition coefficient (Wildman–Crippen LogP) is 0.166. The molecular weight excluding hydrogens is 251 g/mol. The maximum absolute atomic E-state index is 13.5. The number of ether oxygens (including phenoxy) is 1. The Labute approximate surface area is 110 Å². The van der Waals surface area contributed by atoms with E-state index in [1.54, 1.807) is 0 Å². The molecular formula is C13H17FN2O3. The predicted molar refractivity (Wildman–Crippen MR) is 67.0 cm³/mol. The summed E-state index contributed by atoms with van der Waals surface area (Å²) in [6.07, 6.45) is 0.559. The molecule has 1 aromatic carbocycles. The van der Waals surface area contributed by atoms with Crippen molar-refractivity contribution in [3.63, 3.8) is 0 Å². The number of hydrogen-bond donors (Lipinski definition) is 3. The van der Waals surface area contributed by atoms with Gasteiger partial charge in [0, 0.05) is 37.2 Å². The molecule has 1 aromatic rings. The van der Waals surface area contributed by atoms with Crippen LogP contribution in [0, 0.1) is 5.82 Å². The van der Waals surface area contributed by atoms with Crippen molar-refractivity contribution < 1.29 is 19.0 Å². The summed E-state index contributed by atoms with van der Waals surface area (Å²) in [6.45, 7) is 1.34. The van der Waals surface area contributed by atoms with Crippen molar-refractivity contribution in [1.82, 2.24) is 5.32 Å². The first-order chi connectivity index (χ1) is 9.00. The van der Waals surface area contributed by atoms with Gasteiger partial charge >= 0.3 is 0 Å². The van der Waals surface area contributed by atoms with Crippen molar-refractivity contribution in [2.24, 2.45) is 5.73 Å². The molecule has 1 aliphatic rings.